The van der Waals surface area contributed by atoms with Gasteiger partial charge in [-0.15, -0.1) is 0 Å². The van der Waals surface area contributed by atoms with Gasteiger partial charge in [-0.1, -0.05) is 0 Å². The summed E-state index contributed by atoms with van der Waals surface area (Å²) in [5, 5.41) is 5.90. The lowest BCUT2D eigenvalue weighted by Gasteiger charge is -2.11. The summed E-state index contributed by atoms with van der Waals surface area (Å²) >= 11 is 0. The Hall–Kier alpha value is -1.55. The molecule has 1 aromatic carbocycles. The van der Waals surface area contributed by atoms with Crippen molar-refractivity contribution in [1.29, 1.82) is 0 Å². The zero-order valence-electron chi connectivity index (χ0n) is 9.91. The third-order valence-electron chi connectivity index (χ3n) is 2.41. The molecule has 1 unspecified atom stereocenters. The minimum Gasteiger partial charge on any atom is -0.497 e. The number of rotatable bonds is 5. The van der Waals surface area contributed by atoms with Crippen LogP contribution in [0.4, 0.5) is 0 Å². The van der Waals surface area contributed by atoms with E-state index < -0.39 is 0 Å². The fourth-order valence-electron chi connectivity index (χ4n) is 1.19. The third-order valence-corrected chi connectivity index (χ3v) is 2.41. The summed E-state index contributed by atoms with van der Waals surface area (Å²) in [6.07, 6.45) is 0. The average molecular weight is 222 g/mol. The molecule has 0 saturated heterocycles. The molecule has 0 fully saturated rings. The summed E-state index contributed by atoms with van der Waals surface area (Å²) in [5.41, 5.74) is 0.643. The molecule has 0 spiro atoms. The van der Waals surface area contributed by atoms with Gasteiger partial charge in [-0.3, -0.25) is 4.79 Å². The summed E-state index contributed by atoms with van der Waals surface area (Å²) in [5.74, 6) is 0.685. The molecular formula is C12H18N2O2. The Kier molecular flexibility index (Phi) is 4.79. The van der Waals surface area contributed by atoms with Gasteiger partial charge < -0.3 is 15.4 Å². The van der Waals surface area contributed by atoms with Crippen LogP contribution in [0.2, 0.25) is 0 Å². The van der Waals surface area contributed by atoms with E-state index in [1.807, 2.05) is 14.0 Å². The van der Waals surface area contributed by atoms with E-state index in [9.17, 15) is 4.79 Å². The second-order valence-corrected chi connectivity index (χ2v) is 3.63. The van der Waals surface area contributed by atoms with E-state index in [4.69, 9.17) is 4.74 Å². The normalized spacial score (nSPS) is 11.9. The van der Waals surface area contributed by atoms with Gasteiger partial charge in [-0.05, 0) is 38.2 Å². The van der Waals surface area contributed by atoms with E-state index >= 15 is 0 Å². The van der Waals surface area contributed by atoms with Gasteiger partial charge in [0, 0.05) is 18.2 Å². The standard InChI is InChI=1S/C12H18N2O2/c1-9(13-2)8-14-12(15)10-4-6-11(16-3)7-5-10/h4-7,9,13H,8H2,1-3H3,(H,14,15). The van der Waals surface area contributed by atoms with Crippen molar-refractivity contribution in [2.24, 2.45) is 0 Å². The number of hydrogen-bond donors (Lipinski definition) is 2. The van der Waals surface area contributed by atoms with E-state index in [0.717, 1.165) is 5.75 Å². The maximum Gasteiger partial charge on any atom is 0.251 e. The molecule has 0 heterocycles. The molecule has 0 bridgehead atoms. The number of methoxy groups -OCH3 is 1. The summed E-state index contributed by atoms with van der Waals surface area (Å²) in [7, 11) is 3.47. The summed E-state index contributed by atoms with van der Waals surface area (Å²) in [6, 6.07) is 7.31. The predicted octanol–water partition coefficient (Wildman–Crippen LogP) is 1.03. The van der Waals surface area contributed by atoms with Crippen LogP contribution in [-0.2, 0) is 0 Å². The molecule has 1 amide bonds. The van der Waals surface area contributed by atoms with Crippen LogP contribution in [0.1, 0.15) is 17.3 Å². The smallest absolute Gasteiger partial charge is 0.251 e. The molecule has 4 nitrogen and oxygen atoms in total. The van der Waals surface area contributed by atoms with Gasteiger partial charge in [-0.2, -0.15) is 0 Å². The Morgan fingerprint density at radius 3 is 2.50 bits per heavy atom. The molecule has 0 aliphatic heterocycles. The van der Waals surface area contributed by atoms with Crippen LogP contribution in [-0.4, -0.2) is 32.7 Å². The van der Waals surface area contributed by atoms with Crippen molar-refractivity contribution in [2.75, 3.05) is 20.7 Å². The molecule has 88 valence electrons. The molecule has 0 aromatic heterocycles. The number of carbonyl (C=O) groups excluding carboxylic acids is 1. The van der Waals surface area contributed by atoms with Crippen molar-refractivity contribution in [1.82, 2.24) is 10.6 Å². The molecule has 1 rings (SSSR count). The van der Waals surface area contributed by atoms with Crippen LogP contribution in [0.15, 0.2) is 24.3 Å². The second kappa shape index (κ2) is 6.12. The molecule has 2 N–H and O–H groups in total. The van der Waals surface area contributed by atoms with Gasteiger partial charge in [0.05, 0.1) is 7.11 Å². The largest absolute Gasteiger partial charge is 0.497 e. The van der Waals surface area contributed by atoms with Gasteiger partial charge >= 0.3 is 0 Å². The van der Waals surface area contributed by atoms with Crippen LogP contribution in [0.25, 0.3) is 0 Å². The van der Waals surface area contributed by atoms with Crippen molar-refractivity contribution >= 4 is 5.91 Å². The van der Waals surface area contributed by atoms with Crippen LogP contribution in [0.3, 0.4) is 0 Å². The molecule has 1 atom stereocenters. The predicted molar refractivity (Wildman–Crippen MR) is 63.8 cm³/mol. The fourth-order valence-corrected chi connectivity index (χ4v) is 1.19. The average Bonchev–Trinajstić information content (AvgIpc) is 2.35. The Balaban J connectivity index is 2.52. The summed E-state index contributed by atoms with van der Waals surface area (Å²) < 4.78 is 5.02. The molecule has 4 heteroatoms. The van der Waals surface area contributed by atoms with E-state index in [2.05, 4.69) is 10.6 Å². The van der Waals surface area contributed by atoms with E-state index in [0.29, 0.717) is 12.1 Å². The van der Waals surface area contributed by atoms with Crippen molar-refractivity contribution in [3.05, 3.63) is 29.8 Å². The van der Waals surface area contributed by atoms with Gasteiger partial charge in [0.25, 0.3) is 5.91 Å². The highest BCUT2D eigenvalue weighted by atomic mass is 16.5. The van der Waals surface area contributed by atoms with Crippen LogP contribution < -0.4 is 15.4 Å². The monoisotopic (exact) mass is 222 g/mol. The number of hydrogen-bond acceptors (Lipinski definition) is 3. The van der Waals surface area contributed by atoms with Crippen molar-refractivity contribution in [3.63, 3.8) is 0 Å². The highest BCUT2D eigenvalue weighted by Gasteiger charge is 2.06. The highest BCUT2D eigenvalue weighted by molar-refractivity contribution is 5.94. The van der Waals surface area contributed by atoms with Crippen LogP contribution >= 0.6 is 0 Å². The molecule has 1 aromatic rings. The number of carbonyl (C=O) groups is 1. The minimum atomic E-state index is -0.0650. The van der Waals surface area contributed by atoms with Crippen molar-refractivity contribution < 1.29 is 9.53 Å². The first-order valence-electron chi connectivity index (χ1n) is 5.27. The van der Waals surface area contributed by atoms with Gasteiger partial charge in [-0.25, -0.2) is 0 Å². The topological polar surface area (TPSA) is 50.4 Å². The lowest BCUT2D eigenvalue weighted by Crippen LogP contribution is -2.37. The van der Waals surface area contributed by atoms with E-state index in [1.165, 1.54) is 0 Å². The molecule has 16 heavy (non-hydrogen) atoms. The zero-order chi connectivity index (χ0) is 12.0. The SMILES string of the molecule is CNC(C)CNC(=O)c1ccc(OC)cc1. The van der Waals surface area contributed by atoms with Crippen molar-refractivity contribution in [3.8, 4) is 5.75 Å². The first-order valence-corrected chi connectivity index (χ1v) is 5.27. The summed E-state index contributed by atoms with van der Waals surface area (Å²) in [6.45, 7) is 2.62. The lowest BCUT2D eigenvalue weighted by molar-refractivity contribution is 0.0950. The zero-order valence-corrected chi connectivity index (χ0v) is 9.91. The minimum absolute atomic E-state index is 0.0650. The quantitative estimate of drug-likeness (QED) is 0.782. The first kappa shape index (κ1) is 12.5. The third kappa shape index (κ3) is 3.55. The Morgan fingerprint density at radius 2 is 2.00 bits per heavy atom. The first-order chi connectivity index (χ1) is 7.67. The Morgan fingerprint density at radius 1 is 1.38 bits per heavy atom. The van der Waals surface area contributed by atoms with Crippen molar-refractivity contribution in [2.45, 2.75) is 13.0 Å². The van der Waals surface area contributed by atoms with Gasteiger partial charge in [0.15, 0.2) is 0 Å². The second-order valence-electron chi connectivity index (χ2n) is 3.63. The number of likely N-dealkylation sites (N-methyl/N-ethyl adjacent to an activating group) is 1. The molecule has 0 saturated carbocycles. The maximum atomic E-state index is 11.7. The number of amides is 1. The molecular weight excluding hydrogens is 204 g/mol. The van der Waals surface area contributed by atoms with Crippen LogP contribution in [0, 0.1) is 0 Å². The van der Waals surface area contributed by atoms with Gasteiger partial charge in [0.2, 0.25) is 0 Å². The number of nitrogens with one attached hydrogen (secondary N) is 2. The number of ether oxygens (including phenoxy) is 1. The van der Waals surface area contributed by atoms with E-state index in [1.54, 1.807) is 31.4 Å². The molecule has 0 aliphatic rings. The lowest BCUT2D eigenvalue weighted by atomic mass is 10.2. The van der Waals surface area contributed by atoms with E-state index in [-0.39, 0.29) is 11.9 Å². The van der Waals surface area contributed by atoms with Gasteiger partial charge in [0.1, 0.15) is 5.75 Å². The Labute approximate surface area is 96.0 Å². The maximum absolute atomic E-state index is 11.7. The Bertz CT molecular complexity index is 335. The van der Waals surface area contributed by atoms with Crippen LogP contribution in [0.5, 0.6) is 5.75 Å². The number of benzene rings is 1. The fraction of sp³-hybridized carbons (Fsp3) is 0.417. The highest BCUT2D eigenvalue weighted by Crippen LogP contribution is 2.10. The molecule has 0 aliphatic carbocycles. The molecule has 0 radical (unpaired) electrons. The summed E-state index contributed by atoms with van der Waals surface area (Å²) in [4.78, 5) is 11.7.